The first-order valence-corrected chi connectivity index (χ1v) is 7.68. The maximum atomic E-state index is 12.1. The van der Waals surface area contributed by atoms with Crippen molar-refractivity contribution in [2.45, 2.75) is 13.0 Å². The molecule has 2 N–H and O–H groups in total. The molecule has 0 aliphatic carbocycles. The Kier molecular flexibility index (Phi) is 8.05. The average Bonchev–Trinajstić information content (AvgIpc) is 2.75. The normalized spacial score (nSPS) is 13.2. The molecule has 0 spiro atoms. The Morgan fingerprint density at radius 3 is 2.21 bits per heavy atom. The van der Waals surface area contributed by atoms with Crippen molar-refractivity contribution in [3.63, 3.8) is 0 Å². The third kappa shape index (κ3) is 4.41. The molecule has 130 valence electrons. The highest BCUT2D eigenvalue weighted by Gasteiger charge is 2.23. The molecule has 0 aromatic heterocycles. The van der Waals surface area contributed by atoms with Crippen LogP contribution >= 0.6 is 24.8 Å². The van der Waals surface area contributed by atoms with Crippen LogP contribution in [0.1, 0.15) is 12.0 Å². The molecule has 3 rings (SSSR count). The molecule has 4 nitrogen and oxygen atoms in total. The van der Waals surface area contributed by atoms with E-state index in [1.165, 1.54) is 5.56 Å². The van der Waals surface area contributed by atoms with E-state index >= 15 is 0 Å². The van der Waals surface area contributed by atoms with Crippen LogP contribution in [0, 0.1) is 0 Å². The van der Waals surface area contributed by atoms with Gasteiger partial charge in [0.1, 0.15) is 0 Å². The lowest BCUT2D eigenvalue weighted by atomic mass is 10.1. The van der Waals surface area contributed by atoms with E-state index in [0.717, 1.165) is 37.4 Å². The summed E-state index contributed by atoms with van der Waals surface area (Å²) in [6.45, 7) is 2.55. The minimum Gasteiger partial charge on any atom is -0.365 e. The molecule has 1 aliphatic rings. The largest absolute Gasteiger partial charge is 0.365 e. The van der Waals surface area contributed by atoms with Crippen LogP contribution in [0.15, 0.2) is 54.6 Å². The molecule has 0 fully saturated rings. The zero-order chi connectivity index (χ0) is 15.4. The summed E-state index contributed by atoms with van der Waals surface area (Å²) in [4.78, 5) is 16.3. The first-order chi connectivity index (χ1) is 10.8. The van der Waals surface area contributed by atoms with Crippen LogP contribution in [0.3, 0.4) is 0 Å². The predicted molar refractivity (Wildman–Crippen MR) is 104 cm³/mol. The number of nitrogens with two attached hydrogens (primary N) is 1. The van der Waals surface area contributed by atoms with Gasteiger partial charge in [0.05, 0.1) is 17.9 Å². The van der Waals surface area contributed by atoms with Crippen LogP contribution in [-0.2, 0) is 11.3 Å². The molecule has 1 heterocycles. The molecule has 2 aromatic carbocycles. The fraction of sp³-hybridized carbons (Fsp3) is 0.278. The summed E-state index contributed by atoms with van der Waals surface area (Å²) in [6, 6.07) is 18.5. The summed E-state index contributed by atoms with van der Waals surface area (Å²) in [5.74, 6) is -0.0194. The predicted octanol–water partition coefficient (Wildman–Crippen LogP) is 3.23. The Labute approximate surface area is 155 Å². The van der Waals surface area contributed by atoms with Crippen molar-refractivity contribution in [1.29, 1.82) is 0 Å². The molecule has 0 bridgehead atoms. The number of carbonyl (C=O) groups is 1. The van der Waals surface area contributed by atoms with Crippen LogP contribution in [0.25, 0.3) is 0 Å². The molecule has 0 atom stereocenters. The number of benzene rings is 2. The van der Waals surface area contributed by atoms with Crippen molar-refractivity contribution in [3.05, 3.63) is 60.2 Å². The van der Waals surface area contributed by atoms with Crippen molar-refractivity contribution in [2.24, 2.45) is 5.73 Å². The number of rotatable bonds is 3. The Balaban J connectivity index is 0.00000144. The second kappa shape index (κ2) is 9.52. The summed E-state index contributed by atoms with van der Waals surface area (Å²) in [6.07, 6.45) is 0.938. The van der Waals surface area contributed by atoms with E-state index in [1.807, 2.05) is 29.2 Å². The molecule has 1 amide bonds. The number of hydrogen-bond donors (Lipinski definition) is 1. The SMILES string of the molecule is Cl.Cl.NCC(=O)N1CCCN(Cc2ccccc2)c2ccccc21. The zero-order valence-corrected chi connectivity index (χ0v) is 15.1. The van der Waals surface area contributed by atoms with Gasteiger partial charge in [-0.2, -0.15) is 0 Å². The number of para-hydroxylation sites is 2. The van der Waals surface area contributed by atoms with E-state index in [9.17, 15) is 4.79 Å². The molecular weight excluding hydrogens is 345 g/mol. The van der Waals surface area contributed by atoms with Crippen molar-refractivity contribution < 1.29 is 4.79 Å². The lowest BCUT2D eigenvalue weighted by molar-refractivity contribution is -0.117. The number of nitrogens with zero attached hydrogens (tertiary/aromatic N) is 2. The van der Waals surface area contributed by atoms with Gasteiger partial charge in [0.2, 0.25) is 5.91 Å². The fourth-order valence-electron chi connectivity index (χ4n) is 2.96. The number of anilines is 2. The molecule has 0 saturated carbocycles. The van der Waals surface area contributed by atoms with Gasteiger partial charge in [0.25, 0.3) is 0 Å². The maximum Gasteiger partial charge on any atom is 0.240 e. The summed E-state index contributed by atoms with van der Waals surface area (Å²) in [5, 5.41) is 0. The third-order valence-electron chi connectivity index (χ3n) is 4.01. The van der Waals surface area contributed by atoms with E-state index in [0.29, 0.717) is 0 Å². The van der Waals surface area contributed by atoms with E-state index < -0.39 is 0 Å². The van der Waals surface area contributed by atoms with Crippen LogP contribution in [0.5, 0.6) is 0 Å². The van der Waals surface area contributed by atoms with E-state index in [4.69, 9.17) is 5.73 Å². The zero-order valence-electron chi connectivity index (χ0n) is 13.4. The van der Waals surface area contributed by atoms with Gasteiger partial charge in [-0.05, 0) is 24.1 Å². The number of fused-ring (bicyclic) bond motifs is 1. The van der Waals surface area contributed by atoms with E-state index in [2.05, 4.69) is 35.2 Å². The standard InChI is InChI=1S/C18H21N3O.2ClH/c19-13-18(22)21-12-6-11-20(14-15-7-2-1-3-8-15)16-9-4-5-10-17(16)21;;/h1-5,7-10H,6,11-14,19H2;2*1H. The van der Waals surface area contributed by atoms with E-state index in [-0.39, 0.29) is 37.3 Å². The molecule has 1 aliphatic heterocycles. The van der Waals surface area contributed by atoms with Crippen LogP contribution in [-0.4, -0.2) is 25.5 Å². The highest BCUT2D eigenvalue weighted by atomic mass is 35.5. The van der Waals surface area contributed by atoms with Gasteiger partial charge in [-0.1, -0.05) is 42.5 Å². The molecule has 24 heavy (non-hydrogen) atoms. The van der Waals surface area contributed by atoms with Gasteiger partial charge < -0.3 is 15.5 Å². The number of amides is 1. The van der Waals surface area contributed by atoms with Gasteiger partial charge in [0.15, 0.2) is 0 Å². The Morgan fingerprint density at radius 2 is 1.54 bits per heavy atom. The van der Waals surface area contributed by atoms with Crippen LogP contribution < -0.4 is 15.5 Å². The first kappa shape index (κ1) is 20.3. The molecular formula is C18H23Cl2N3O. The number of halogens is 2. The van der Waals surface area contributed by atoms with Crippen molar-refractivity contribution >= 4 is 42.1 Å². The van der Waals surface area contributed by atoms with Gasteiger partial charge in [-0.3, -0.25) is 4.79 Å². The maximum absolute atomic E-state index is 12.1. The van der Waals surface area contributed by atoms with Crippen LogP contribution in [0.4, 0.5) is 11.4 Å². The smallest absolute Gasteiger partial charge is 0.240 e. The third-order valence-corrected chi connectivity index (χ3v) is 4.01. The molecule has 0 unspecified atom stereocenters. The number of hydrogen-bond acceptors (Lipinski definition) is 3. The van der Waals surface area contributed by atoms with E-state index in [1.54, 1.807) is 0 Å². The van der Waals surface area contributed by atoms with Crippen LogP contribution in [0.2, 0.25) is 0 Å². The topological polar surface area (TPSA) is 49.6 Å². The summed E-state index contributed by atoms with van der Waals surface area (Å²) in [7, 11) is 0. The molecule has 6 heteroatoms. The second-order valence-corrected chi connectivity index (χ2v) is 5.50. The van der Waals surface area contributed by atoms with Crippen molar-refractivity contribution in [2.75, 3.05) is 29.4 Å². The molecule has 0 saturated heterocycles. The van der Waals surface area contributed by atoms with Gasteiger partial charge >= 0.3 is 0 Å². The van der Waals surface area contributed by atoms with Crippen molar-refractivity contribution in [1.82, 2.24) is 0 Å². The minimum atomic E-state index is -0.0194. The minimum absolute atomic E-state index is 0. The quantitative estimate of drug-likeness (QED) is 0.905. The molecule has 2 aromatic rings. The summed E-state index contributed by atoms with van der Waals surface area (Å²) < 4.78 is 0. The fourth-order valence-corrected chi connectivity index (χ4v) is 2.96. The summed E-state index contributed by atoms with van der Waals surface area (Å²) in [5.41, 5.74) is 8.91. The van der Waals surface area contributed by atoms with Gasteiger partial charge in [0, 0.05) is 19.6 Å². The Hall–Kier alpha value is -1.75. The average molecular weight is 368 g/mol. The lowest BCUT2D eigenvalue weighted by Crippen LogP contribution is -2.36. The summed E-state index contributed by atoms with van der Waals surface area (Å²) >= 11 is 0. The lowest BCUT2D eigenvalue weighted by Gasteiger charge is -2.26. The highest BCUT2D eigenvalue weighted by molar-refractivity contribution is 5.98. The van der Waals surface area contributed by atoms with Gasteiger partial charge in [-0.25, -0.2) is 0 Å². The number of carbonyl (C=O) groups excluding carboxylic acids is 1. The Morgan fingerprint density at radius 1 is 0.917 bits per heavy atom. The van der Waals surface area contributed by atoms with Crippen molar-refractivity contribution in [3.8, 4) is 0 Å². The first-order valence-electron chi connectivity index (χ1n) is 7.68. The molecule has 0 radical (unpaired) electrons. The Bertz CT molecular complexity index is 652. The van der Waals surface area contributed by atoms with Gasteiger partial charge in [-0.15, -0.1) is 24.8 Å². The second-order valence-electron chi connectivity index (χ2n) is 5.50. The highest BCUT2D eigenvalue weighted by Crippen LogP contribution is 2.33. The monoisotopic (exact) mass is 367 g/mol.